The molecule has 0 N–H and O–H groups in total. The van der Waals surface area contributed by atoms with Crippen molar-refractivity contribution in [1.29, 1.82) is 0 Å². The summed E-state index contributed by atoms with van der Waals surface area (Å²) >= 11 is 0. The second kappa shape index (κ2) is 4.07. The molecular weight excluding hydrogens is 236 g/mol. The molecule has 2 heteroatoms. The van der Waals surface area contributed by atoms with Gasteiger partial charge in [0.05, 0.1) is 6.10 Å². The maximum absolute atomic E-state index is 12.8. The van der Waals surface area contributed by atoms with E-state index in [1.54, 1.807) is 0 Å². The molecule has 0 heterocycles. The highest BCUT2D eigenvalue weighted by atomic mass is 16.5. The molecule has 108 valence electrons. The quantitative estimate of drug-likeness (QED) is 0.768. The van der Waals surface area contributed by atoms with Gasteiger partial charge in [-0.25, -0.2) is 0 Å². The van der Waals surface area contributed by atoms with Gasteiger partial charge in [0.15, 0.2) is 5.78 Å². The van der Waals surface area contributed by atoms with Crippen LogP contribution >= 0.6 is 0 Å². The summed E-state index contributed by atoms with van der Waals surface area (Å²) in [4.78, 5) is 12.8. The number of ether oxygens (including phenoxy) is 1. The van der Waals surface area contributed by atoms with E-state index in [1.165, 1.54) is 19.3 Å². The van der Waals surface area contributed by atoms with E-state index in [0.29, 0.717) is 23.2 Å². The Kier molecular flexibility index (Phi) is 2.91. The smallest absolute Gasteiger partial charge is 0.164 e. The van der Waals surface area contributed by atoms with Crippen LogP contribution in [0.5, 0.6) is 0 Å². The molecule has 4 aliphatic rings. The van der Waals surface area contributed by atoms with Crippen LogP contribution in [0.4, 0.5) is 0 Å². The van der Waals surface area contributed by atoms with E-state index in [-0.39, 0.29) is 11.5 Å². The van der Waals surface area contributed by atoms with E-state index in [4.69, 9.17) is 4.74 Å². The third-order valence-electron chi connectivity index (χ3n) is 5.77. The van der Waals surface area contributed by atoms with Crippen LogP contribution in [0.15, 0.2) is 0 Å². The number of hydrogen-bond acceptors (Lipinski definition) is 2. The summed E-state index contributed by atoms with van der Waals surface area (Å²) in [6.45, 7) is 9.18. The fourth-order valence-electron chi connectivity index (χ4n) is 6.15. The van der Waals surface area contributed by atoms with Crippen LogP contribution in [-0.2, 0) is 9.53 Å². The van der Waals surface area contributed by atoms with Gasteiger partial charge in [0.25, 0.3) is 0 Å². The van der Waals surface area contributed by atoms with Gasteiger partial charge in [0, 0.05) is 5.41 Å². The molecule has 4 saturated carbocycles. The summed E-state index contributed by atoms with van der Waals surface area (Å²) in [5, 5.41) is 0. The van der Waals surface area contributed by atoms with Gasteiger partial charge < -0.3 is 4.74 Å². The average Bonchev–Trinajstić information content (AvgIpc) is 2.20. The van der Waals surface area contributed by atoms with Crippen molar-refractivity contribution < 1.29 is 9.53 Å². The van der Waals surface area contributed by atoms with Gasteiger partial charge in [-0.15, -0.1) is 0 Å². The lowest BCUT2D eigenvalue weighted by atomic mass is 9.39. The highest BCUT2D eigenvalue weighted by molar-refractivity contribution is 5.86. The molecule has 2 unspecified atom stereocenters. The second-order valence-corrected chi connectivity index (χ2v) is 8.69. The lowest BCUT2D eigenvalue weighted by Crippen LogP contribution is -2.58. The molecule has 4 aliphatic carbocycles. The largest absolute Gasteiger partial charge is 0.371 e. The van der Waals surface area contributed by atoms with Crippen LogP contribution in [-0.4, -0.2) is 18.5 Å². The van der Waals surface area contributed by atoms with Gasteiger partial charge >= 0.3 is 0 Å². The second-order valence-electron chi connectivity index (χ2n) is 8.69. The lowest BCUT2D eigenvalue weighted by molar-refractivity contribution is -0.172. The summed E-state index contributed by atoms with van der Waals surface area (Å²) in [5.41, 5.74) is 0.793. The van der Waals surface area contributed by atoms with Crippen LogP contribution < -0.4 is 0 Å². The van der Waals surface area contributed by atoms with Crippen LogP contribution in [0, 0.1) is 22.2 Å². The normalized spacial score (nSPS) is 47.9. The van der Waals surface area contributed by atoms with E-state index < -0.39 is 0 Å². The lowest BCUT2D eigenvalue weighted by Gasteiger charge is -2.64. The Labute approximate surface area is 117 Å². The third-order valence-corrected chi connectivity index (χ3v) is 5.77. The molecule has 4 fully saturated rings. The SMILES string of the molecule is CC(C)OCC(=O)C12CC3CC(C)(CC(C)(C3)C1)C2. The van der Waals surface area contributed by atoms with Gasteiger partial charge in [0.2, 0.25) is 0 Å². The molecule has 0 amide bonds. The van der Waals surface area contributed by atoms with Gasteiger partial charge in [-0.1, -0.05) is 13.8 Å². The van der Waals surface area contributed by atoms with Gasteiger partial charge in [-0.05, 0) is 69.1 Å². The highest BCUT2D eigenvalue weighted by Crippen LogP contribution is 2.69. The van der Waals surface area contributed by atoms with Crippen molar-refractivity contribution in [2.24, 2.45) is 22.2 Å². The minimum Gasteiger partial charge on any atom is -0.371 e. The maximum Gasteiger partial charge on any atom is 0.164 e. The van der Waals surface area contributed by atoms with E-state index >= 15 is 0 Å². The zero-order valence-electron chi connectivity index (χ0n) is 12.9. The topological polar surface area (TPSA) is 26.3 Å². The highest BCUT2D eigenvalue weighted by Gasteiger charge is 2.62. The summed E-state index contributed by atoms with van der Waals surface area (Å²) in [5.74, 6) is 1.18. The first-order valence-electron chi connectivity index (χ1n) is 7.89. The molecule has 0 aromatic heterocycles. The zero-order chi connectivity index (χ0) is 13.9. The van der Waals surface area contributed by atoms with Crippen LogP contribution in [0.2, 0.25) is 0 Å². The molecular formula is C17H28O2. The average molecular weight is 264 g/mol. The summed E-state index contributed by atoms with van der Waals surface area (Å²) in [7, 11) is 0. The van der Waals surface area contributed by atoms with E-state index in [0.717, 1.165) is 25.2 Å². The fourth-order valence-corrected chi connectivity index (χ4v) is 6.15. The number of ketones is 1. The van der Waals surface area contributed by atoms with Gasteiger partial charge in [-0.2, -0.15) is 0 Å². The van der Waals surface area contributed by atoms with Crippen molar-refractivity contribution in [3.63, 3.8) is 0 Å². The minimum absolute atomic E-state index is 0.0438. The van der Waals surface area contributed by atoms with Crippen LogP contribution in [0.1, 0.15) is 66.2 Å². The van der Waals surface area contributed by atoms with Crippen molar-refractivity contribution in [3.05, 3.63) is 0 Å². The molecule has 0 spiro atoms. The minimum atomic E-state index is -0.0438. The van der Waals surface area contributed by atoms with Crippen LogP contribution in [0.3, 0.4) is 0 Å². The molecule has 4 bridgehead atoms. The molecule has 19 heavy (non-hydrogen) atoms. The Hall–Kier alpha value is -0.370. The summed E-state index contributed by atoms with van der Waals surface area (Å²) in [6, 6.07) is 0. The Morgan fingerprint density at radius 1 is 1.11 bits per heavy atom. The van der Waals surface area contributed by atoms with E-state index in [9.17, 15) is 4.79 Å². The Morgan fingerprint density at radius 3 is 2.16 bits per heavy atom. The molecule has 2 nitrogen and oxygen atoms in total. The van der Waals surface area contributed by atoms with Gasteiger partial charge in [0.1, 0.15) is 6.61 Å². The molecule has 2 atom stereocenters. The van der Waals surface area contributed by atoms with E-state index in [2.05, 4.69) is 13.8 Å². The van der Waals surface area contributed by atoms with Crippen molar-refractivity contribution >= 4 is 5.78 Å². The first-order chi connectivity index (χ1) is 8.74. The molecule has 0 aliphatic heterocycles. The van der Waals surface area contributed by atoms with Crippen molar-refractivity contribution in [2.75, 3.05) is 6.61 Å². The van der Waals surface area contributed by atoms with Crippen molar-refractivity contribution in [3.8, 4) is 0 Å². The molecule has 4 rings (SSSR count). The van der Waals surface area contributed by atoms with Crippen LogP contribution in [0.25, 0.3) is 0 Å². The van der Waals surface area contributed by atoms with Gasteiger partial charge in [-0.3, -0.25) is 4.79 Å². The number of Topliss-reactive ketones (excluding diaryl/α,β-unsaturated/α-hetero) is 1. The fraction of sp³-hybridized carbons (Fsp3) is 0.941. The number of carbonyl (C=O) groups is 1. The summed E-state index contributed by atoms with van der Waals surface area (Å²) < 4.78 is 5.61. The maximum atomic E-state index is 12.8. The number of carbonyl (C=O) groups excluding carboxylic acids is 1. The Bertz CT molecular complexity index is 380. The Balaban J connectivity index is 1.82. The number of rotatable bonds is 4. The zero-order valence-corrected chi connectivity index (χ0v) is 12.9. The predicted octanol–water partition coefficient (Wildman–Crippen LogP) is 3.98. The first kappa shape index (κ1) is 13.6. The predicted molar refractivity (Wildman–Crippen MR) is 75.9 cm³/mol. The van der Waals surface area contributed by atoms with Crippen molar-refractivity contribution in [2.45, 2.75) is 72.3 Å². The van der Waals surface area contributed by atoms with E-state index in [1.807, 2.05) is 13.8 Å². The molecule has 0 aromatic carbocycles. The Morgan fingerprint density at radius 2 is 1.68 bits per heavy atom. The molecule has 0 saturated heterocycles. The molecule has 0 radical (unpaired) electrons. The first-order valence-corrected chi connectivity index (χ1v) is 7.89. The third kappa shape index (κ3) is 2.26. The van der Waals surface area contributed by atoms with Crippen molar-refractivity contribution in [1.82, 2.24) is 0 Å². The monoisotopic (exact) mass is 264 g/mol. The standard InChI is InChI=1S/C17H28O2/c1-12(2)19-8-14(18)17-7-13-5-15(3,10-17)9-16(4,6-13)11-17/h12-13H,5-11H2,1-4H3. The number of hydrogen-bond donors (Lipinski definition) is 0. The molecule has 0 aromatic rings. The summed E-state index contributed by atoms with van der Waals surface area (Å²) in [6.07, 6.45) is 7.56.